The molecule has 1 saturated heterocycles. The lowest BCUT2D eigenvalue weighted by Crippen LogP contribution is -2.44. The highest BCUT2D eigenvalue weighted by atomic mass is 16.4. The number of carbonyl (C=O) groups is 2. The van der Waals surface area contributed by atoms with Crippen LogP contribution in [-0.4, -0.2) is 56.8 Å². The van der Waals surface area contributed by atoms with Gasteiger partial charge in [-0.2, -0.15) is 5.10 Å². The van der Waals surface area contributed by atoms with Crippen molar-refractivity contribution < 1.29 is 14.7 Å². The van der Waals surface area contributed by atoms with Gasteiger partial charge in [-0.3, -0.25) is 9.89 Å². The second-order valence-electron chi connectivity index (χ2n) is 5.70. The molecule has 116 valence electrons. The van der Waals surface area contributed by atoms with Crippen LogP contribution in [0, 0.1) is 11.3 Å². The number of amides is 2. The third-order valence-corrected chi connectivity index (χ3v) is 4.22. The Morgan fingerprint density at radius 3 is 2.86 bits per heavy atom. The van der Waals surface area contributed by atoms with Gasteiger partial charge in [0, 0.05) is 26.1 Å². The van der Waals surface area contributed by atoms with Gasteiger partial charge in [0.15, 0.2) is 0 Å². The number of nitrogens with one attached hydrogen (secondary N) is 2. The molecule has 1 aliphatic heterocycles. The van der Waals surface area contributed by atoms with Gasteiger partial charge < -0.3 is 15.3 Å². The number of likely N-dealkylation sites (tertiary alicyclic amines) is 1. The van der Waals surface area contributed by atoms with Crippen LogP contribution < -0.4 is 5.32 Å². The molecule has 1 aromatic rings. The molecule has 1 aliphatic rings. The van der Waals surface area contributed by atoms with E-state index in [4.69, 9.17) is 0 Å². The van der Waals surface area contributed by atoms with Gasteiger partial charge in [0.05, 0.1) is 5.41 Å². The van der Waals surface area contributed by atoms with Crippen LogP contribution in [0.4, 0.5) is 4.79 Å². The van der Waals surface area contributed by atoms with Crippen molar-refractivity contribution >= 4 is 12.0 Å². The van der Waals surface area contributed by atoms with Gasteiger partial charge in [-0.05, 0) is 12.3 Å². The van der Waals surface area contributed by atoms with Crippen molar-refractivity contribution in [3.63, 3.8) is 0 Å². The minimum atomic E-state index is -0.831. The maximum absolute atomic E-state index is 12.1. The van der Waals surface area contributed by atoms with Crippen molar-refractivity contribution in [1.82, 2.24) is 25.4 Å². The number of H-pyrrole nitrogens is 1. The fourth-order valence-electron chi connectivity index (χ4n) is 2.65. The summed E-state index contributed by atoms with van der Waals surface area (Å²) in [6, 6.07) is -0.224. The Morgan fingerprint density at radius 2 is 2.33 bits per heavy atom. The molecule has 0 spiro atoms. The molecule has 1 aromatic heterocycles. The molecule has 2 amide bonds. The Kier molecular flexibility index (Phi) is 4.44. The topological polar surface area (TPSA) is 111 Å². The number of rotatable bonds is 5. The zero-order valence-electron chi connectivity index (χ0n) is 12.3. The molecule has 1 atom stereocenters. The molecular weight excluding hydrogens is 274 g/mol. The fraction of sp³-hybridized carbons (Fsp3) is 0.692. The van der Waals surface area contributed by atoms with Gasteiger partial charge in [-0.25, -0.2) is 9.78 Å². The normalized spacial score (nSPS) is 21.8. The Hall–Kier alpha value is -2.12. The summed E-state index contributed by atoms with van der Waals surface area (Å²) in [5.41, 5.74) is -0.831. The van der Waals surface area contributed by atoms with E-state index in [1.165, 1.54) is 6.33 Å². The average Bonchev–Trinajstić information content (AvgIpc) is 3.08. The Balaban J connectivity index is 1.85. The fourth-order valence-corrected chi connectivity index (χ4v) is 2.65. The highest BCUT2D eigenvalue weighted by molar-refractivity contribution is 5.80. The first-order valence-corrected chi connectivity index (χ1v) is 7.06. The molecule has 3 N–H and O–H groups in total. The van der Waals surface area contributed by atoms with Crippen LogP contribution in [0.1, 0.15) is 26.1 Å². The number of hydrogen-bond acceptors (Lipinski definition) is 4. The first-order chi connectivity index (χ1) is 9.95. The summed E-state index contributed by atoms with van der Waals surface area (Å²) in [7, 11) is 0. The van der Waals surface area contributed by atoms with Crippen molar-refractivity contribution in [3.05, 3.63) is 12.2 Å². The second-order valence-corrected chi connectivity index (χ2v) is 5.70. The minimum Gasteiger partial charge on any atom is -0.481 e. The first-order valence-electron chi connectivity index (χ1n) is 7.06. The van der Waals surface area contributed by atoms with Gasteiger partial charge in [0.25, 0.3) is 0 Å². The van der Waals surface area contributed by atoms with Crippen LogP contribution in [0.5, 0.6) is 0 Å². The van der Waals surface area contributed by atoms with E-state index in [1.807, 2.05) is 13.8 Å². The lowest BCUT2D eigenvalue weighted by atomic mass is 9.76. The molecule has 21 heavy (non-hydrogen) atoms. The van der Waals surface area contributed by atoms with E-state index in [1.54, 1.807) is 4.90 Å². The number of carboxylic acid groups (broad SMARTS) is 1. The van der Waals surface area contributed by atoms with Crippen molar-refractivity contribution in [2.75, 3.05) is 19.6 Å². The van der Waals surface area contributed by atoms with Crippen LogP contribution >= 0.6 is 0 Å². The molecule has 2 rings (SSSR count). The summed E-state index contributed by atoms with van der Waals surface area (Å²) >= 11 is 0. The molecular formula is C13H21N5O3. The standard InChI is InChI=1S/C13H21N5O3/c1-9(2)13(11(19)20)4-6-18(7-13)12(21)14-5-3-10-15-8-16-17-10/h8-9H,3-7H2,1-2H3,(H,14,21)(H,19,20)(H,15,16,17). The Bertz CT molecular complexity index is 502. The smallest absolute Gasteiger partial charge is 0.317 e. The monoisotopic (exact) mass is 295 g/mol. The molecule has 0 radical (unpaired) electrons. The summed E-state index contributed by atoms with van der Waals surface area (Å²) in [6.07, 6.45) is 2.48. The maximum Gasteiger partial charge on any atom is 0.317 e. The molecule has 0 aliphatic carbocycles. The van der Waals surface area contributed by atoms with Gasteiger partial charge >= 0.3 is 12.0 Å². The minimum absolute atomic E-state index is 0.0120. The molecule has 1 unspecified atom stereocenters. The summed E-state index contributed by atoms with van der Waals surface area (Å²) in [5, 5.41) is 18.7. The molecule has 0 aromatic carbocycles. The summed E-state index contributed by atoms with van der Waals surface area (Å²) in [4.78, 5) is 29.2. The number of aliphatic carboxylic acids is 1. The van der Waals surface area contributed by atoms with E-state index in [-0.39, 0.29) is 18.5 Å². The van der Waals surface area contributed by atoms with Crippen LogP contribution in [-0.2, 0) is 11.2 Å². The van der Waals surface area contributed by atoms with Gasteiger partial charge in [0.1, 0.15) is 12.2 Å². The molecule has 8 heteroatoms. The molecule has 2 heterocycles. The largest absolute Gasteiger partial charge is 0.481 e. The number of aromatic amines is 1. The number of urea groups is 1. The first kappa shape index (κ1) is 15.3. The van der Waals surface area contributed by atoms with E-state index >= 15 is 0 Å². The average molecular weight is 295 g/mol. The zero-order valence-corrected chi connectivity index (χ0v) is 12.3. The van der Waals surface area contributed by atoms with Gasteiger partial charge in [-0.1, -0.05) is 13.8 Å². The van der Waals surface area contributed by atoms with Crippen molar-refractivity contribution in [1.29, 1.82) is 0 Å². The molecule has 0 saturated carbocycles. The van der Waals surface area contributed by atoms with E-state index < -0.39 is 11.4 Å². The van der Waals surface area contributed by atoms with Crippen LogP contribution in [0.25, 0.3) is 0 Å². The van der Waals surface area contributed by atoms with E-state index in [0.29, 0.717) is 31.8 Å². The van der Waals surface area contributed by atoms with E-state index in [9.17, 15) is 14.7 Å². The van der Waals surface area contributed by atoms with Crippen LogP contribution in [0.15, 0.2) is 6.33 Å². The third-order valence-electron chi connectivity index (χ3n) is 4.22. The zero-order chi connectivity index (χ0) is 15.5. The molecule has 1 fully saturated rings. The quantitative estimate of drug-likeness (QED) is 0.732. The predicted octanol–water partition coefficient (Wildman–Crippen LogP) is 0.489. The highest BCUT2D eigenvalue weighted by Gasteiger charge is 2.48. The van der Waals surface area contributed by atoms with Crippen molar-refractivity contribution in [2.45, 2.75) is 26.7 Å². The number of nitrogens with zero attached hydrogens (tertiary/aromatic N) is 3. The van der Waals surface area contributed by atoms with E-state index in [2.05, 4.69) is 20.5 Å². The maximum atomic E-state index is 12.1. The SMILES string of the molecule is CC(C)C1(C(=O)O)CCN(C(=O)NCCc2ncn[nH]2)C1. The predicted molar refractivity (Wildman–Crippen MR) is 74.6 cm³/mol. The summed E-state index contributed by atoms with van der Waals surface area (Å²) < 4.78 is 0. The van der Waals surface area contributed by atoms with E-state index in [0.717, 1.165) is 0 Å². The molecule has 0 bridgehead atoms. The number of hydrogen-bond donors (Lipinski definition) is 3. The Labute approximate surface area is 122 Å². The highest BCUT2D eigenvalue weighted by Crippen LogP contribution is 2.38. The number of aromatic nitrogens is 3. The number of carboxylic acids is 1. The van der Waals surface area contributed by atoms with Crippen LogP contribution in [0.3, 0.4) is 0 Å². The summed E-state index contributed by atoms with van der Waals surface area (Å²) in [6.45, 7) is 4.94. The van der Waals surface area contributed by atoms with Crippen molar-refractivity contribution in [2.24, 2.45) is 11.3 Å². The Morgan fingerprint density at radius 1 is 1.57 bits per heavy atom. The van der Waals surface area contributed by atoms with Crippen molar-refractivity contribution in [3.8, 4) is 0 Å². The summed E-state index contributed by atoms with van der Waals surface area (Å²) in [5.74, 6) is -0.129. The van der Waals surface area contributed by atoms with Gasteiger partial charge in [-0.15, -0.1) is 0 Å². The second kappa shape index (κ2) is 6.11. The van der Waals surface area contributed by atoms with Gasteiger partial charge in [0.2, 0.25) is 0 Å². The lowest BCUT2D eigenvalue weighted by molar-refractivity contribution is -0.150. The molecule has 8 nitrogen and oxygen atoms in total. The number of carbonyl (C=O) groups excluding carboxylic acids is 1. The lowest BCUT2D eigenvalue weighted by Gasteiger charge is -2.28. The van der Waals surface area contributed by atoms with Crippen LogP contribution in [0.2, 0.25) is 0 Å². The third kappa shape index (κ3) is 3.14.